The van der Waals surface area contributed by atoms with E-state index in [0.717, 1.165) is 50.3 Å². The molecule has 18 heavy (non-hydrogen) atoms. The smallest absolute Gasteiger partial charge is 0.127 e. The van der Waals surface area contributed by atoms with Crippen molar-refractivity contribution in [3.63, 3.8) is 0 Å². The quantitative estimate of drug-likeness (QED) is 0.753. The molecule has 0 aromatic carbocycles. The van der Waals surface area contributed by atoms with Gasteiger partial charge in [-0.2, -0.15) is 0 Å². The van der Waals surface area contributed by atoms with Gasteiger partial charge in [-0.3, -0.25) is 4.98 Å². The number of ether oxygens (including phenoxy) is 2. The number of hydrogen-bond donors (Lipinski definition) is 1. The van der Waals surface area contributed by atoms with E-state index in [1.54, 1.807) is 6.20 Å². The minimum atomic E-state index is 0.259. The van der Waals surface area contributed by atoms with Crippen LogP contribution in [-0.4, -0.2) is 30.8 Å². The molecule has 1 aliphatic rings. The Morgan fingerprint density at radius 3 is 3.28 bits per heavy atom. The molecule has 4 nitrogen and oxygen atoms in total. The van der Waals surface area contributed by atoms with E-state index in [2.05, 4.69) is 17.2 Å². The highest BCUT2D eigenvalue weighted by Crippen LogP contribution is 2.19. The molecule has 1 saturated heterocycles. The van der Waals surface area contributed by atoms with E-state index in [-0.39, 0.29) is 6.10 Å². The molecular formula is C14H22N2O2. The molecule has 0 aliphatic carbocycles. The van der Waals surface area contributed by atoms with E-state index in [0.29, 0.717) is 6.61 Å². The van der Waals surface area contributed by atoms with Crippen LogP contribution in [0.25, 0.3) is 0 Å². The fourth-order valence-corrected chi connectivity index (χ4v) is 2.05. The van der Waals surface area contributed by atoms with E-state index in [4.69, 9.17) is 9.47 Å². The Hall–Kier alpha value is -1.13. The first-order valence-electron chi connectivity index (χ1n) is 6.78. The van der Waals surface area contributed by atoms with Crippen LogP contribution >= 0.6 is 0 Å². The maximum absolute atomic E-state index is 5.85. The van der Waals surface area contributed by atoms with Gasteiger partial charge in [0.15, 0.2) is 0 Å². The average Bonchev–Trinajstić information content (AvgIpc) is 2.91. The van der Waals surface area contributed by atoms with Gasteiger partial charge >= 0.3 is 0 Å². The number of rotatable bonds is 7. The first-order chi connectivity index (χ1) is 8.90. The van der Waals surface area contributed by atoms with Gasteiger partial charge in [0.25, 0.3) is 0 Å². The minimum Gasteiger partial charge on any atom is -0.490 e. The van der Waals surface area contributed by atoms with Crippen molar-refractivity contribution in [2.45, 2.75) is 38.8 Å². The molecule has 2 rings (SSSR count). The van der Waals surface area contributed by atoms with E-state index in [1.807, 2.05) is 12.3 Å². The Bertz CT molecular complexity index is 351. The summed E-state index contributed by atoms with van der Waals surface area (Å²) in [5.74, 6) is 0.920. The zero-order chi connectivity index (χ0) is 12.6. The lowest BCUT2D eigenvalue weighted by molar-refractivity contribution is 0.0675. The Morgan fingerprint density at radius 1 is 1.56 bits per heavy atom. The fraction of sp³-hybridized carbons (Fsp3) is 0.643. The summed E-state index contributed by atoms with van der Waals surface area (Å²) in [6, 6.07) is 1.93. The van der Waals surface area contributed by atoms with Crippen molar-refractivity contribution in [1.82, 2.24) is 10.3 Å². The van der Waals surface area contributed by atoms with Gasteiger partial charge in [-0.15, -0.1) is 0 Å². The summed E-state index contributed by atoms with van der Waals surface area (Å²) in [6.45, 7) is 5.49. The molecule has 1 aliphatic heterocycles. The highest BCUT2D eigenvalue weighted by atomic mass is 16.5. The van der Waals surface area contributed by atoms with Crippen LogP contribution in [0, 0.1) is 0 Å². The number of nitrogens with one attached hydrogen (secondary N) is 1. The van der Waals surface area contributed by atoms with Crippen LogP contribution in [0.1, 0.15) is 31.7 Å². The van der Waals surface area contributed by atoms with Crippen LogP contribution in [-0.2, 0) is 11.3 Å². The molecular weight excluding hydrogens is 228 g/mol. The molecule has 1 aromatic rings. The van der Waals surface area contributed by atoms with Crippen LogP contribution in [0.3, 0.4) is 0 Å². The summed E-state index contributed by atoms with van der Waals surface area (Å²) in [6.07, 6.45) is 7.28. The summed E-state index contributed by atoms with van der Waals surface area (Å²) in [5, 5.41) is 3.37. The molecule has 1 N–H and O–H groups in total. The van der Waals surface area contributed by atoms with Gasteiger partial charge in [0.2, 0.25) is 0 Å². The number of aromatic nitrogens is 1. The Morgan fingerprint density at radius 2 is 2.50 bits per heavy atom. The highest BCUT2D eigenvalue weighted by molar-refractivity contribution is 5.29. The van der Waals surface area contributed by atoms with Crippen molar-refractivity contribution in [2.75, 3.05) is 19.8 Å². The van der Waals surface area contributed by atoms with Crippen LogP contribution in [0.15, 0.2) is 18.5 Å². The third-order valence-electron chi connectivity index (χ3n) is 3.05. The molecule has 0 amide bonds. The summed E-state index contributed by atoms with van der Waals surface area (Å²) in [5.41, 5.74) is 1.11. The van der Waals surface area contributed by atoms with Crippen molar-refractivity contribution in [2.24, 2.45) is 0 Å². The largest absolute Gasteiger partial charge is 0.490 e. The molecule has 1 aromatic heterocycles. The third kappa shape index (κ3) is 3.96. The molecule has 1 unspecified atom stereocenters. The first kappa shape index (κ1) is 13.3. The topological polar surface area (TPSA) is 43.4 Å². The predicted molar refractivity (Wildman–Crippen MR) is 70.7 cm³/mol. The van der Waals surface area contributed by atoms with Crippen LogP contribution in [0.5, 0.6) is 5.75 Å². The summed E-state index contributed by atoms with van der Waals surface area (Å²) >= 11 is 0. The lowest BCUT2D eigenvalue weighted by Crippen LogP contribution is -2.19. The van der Waals surface area contributed by atoms with E-state index >= 15 is 0 Å². The van der Waals surface area contributed by atoms with Gasteiger partial charge in [0, 0.05) is 31.1 Å². The summed E-state index contributed by atoms with van der Waals surface area (Å²) in [4.78, 5) is 4.15. The van der Waals surface area contributed by atoms with Gasteiger partial charge in [-0.25, -0.2) is 0 Å². The monoisotopic (exact) mass is 250 g/mol. The Labute approximate surface area is 109 Å². The average molecular weight is 250 g/mol. The molecule has 2 heterocycles. The lowest BCUT2D eigenvalue weighted by Gasteiger charge is -2.14. The molecule has 1 fully saturated rings. The van der Waals surface area contributed by atoms with Gasteiger partial charge in [-0.05, 0) is 31.9 Å². The number of nitrogens with zero attached hydrogens (tertiary/aromatic N) is 1. The van der Waals surface area contributed by atoms with Crippen molar-refractivity contribution in [3.05, 3.63) is 24.0 Å². The van der Waals surface area contributed by atoms with Gasteiger partial charge in [0.05, 0.1) is 6.10 Å². The minimum absolute atomic E-state index is 0.259. The fourth-order valence-electron chi connectivity index (χ4n) is 2.05. The second-order valence-electron chi connectivity index (χ2n) is 4.61. The normalized spacial score (nSPS) is 19.1. The zero-order valence-corrected chi connectivity index (χ0v) is 11.0. The second kappa shape index (κ2) is 7.34. The maximum atomic E-state index is 5.85. The van der Waals surface area contributed by atoms with Crippen LogP contribution < -0.4 is 10.1 Å². The second-order valence-corrected chi connectivity index (χ2v) is 4.61. The van der Waals surface area contributed by atoms with Crippen molar-refractivity contribution in [3.8, 4) is 5.75 Å². The van der Waals surface area contributed by atoms with E-state index in [9.17, 15) is 0 Å². The van der Waals surface area contributed by atoms with Crippen LogP contribution in [0.2, 0.25) is 0 Å². The van der Waals surface area contributed by atoms with E-state index in [1.165, 1.54) is 0 Å². The Kier molecular flexibility index (Phi) is 5.42. The van der Waals surface area contributed by atoms with Crippen LogP contribution in [0.4, 0.5) is 0 Å². The Balaban J connectivity index is 1.85. The number of pyridine rings is 1. The standard InChI is InChI=1S/C14H22N2O2/c1-2-6-15-9-12-10-16-7-5-14(12)18-11-13-4-3-8-17-13/h5,7,10,13,15H,2-4,6,8-9,11H2,1H3. The SMILES string of the molecule is CCCNCc1cnccc1OCC1CCCO1. The third-order valence-corrected chi connectivity index (χ3v) is 3.05. The van der Waals surface area contributed by atoms with Crippen molar-refractivity contribution < 1.29 is 9.47 Å². The van der Waals surface area contributed by atoms with Crippen molar-refractivity contribution in [1.29, 1.82) is 0 Å². The highest BCUT2D eigenvalue weighted by Gasteiger charge is 2.16. The van der Waals surface area contributed by atoms with E-state index < -0.39 is 0 Å². The number of hydrogen-bond acceptors (Lipinski definition) is 4. The van der Waals surface area contributed by atoms with Crippen molar-refractivity contribution >= 4 is 0 Å². The molecule has 0 bridgehead atoms. The maximum Gasteiger partial charge on any atom is 0.127 e. The first-order valence-corrected chi connectivity index (χ1v) is 6.78. The van der Waals surface area contributed by atoms with Gasteiger partial charge < -0.3 is 14.8 Å². The van der Waals surface area contributed by atoms with Gasteiger partial charge in [0.1, 0.15) is 12.4 Å². The molecule has 4 heteroatoms. The lowest BCUT2D eigenvalue weighted by atomic mass is 10.2. The molecule has 0 saturated carbocycles. The molecule has 0 spiro atoms. The molecule has 0 radical (unpaired) electrons. The summed E-state index contributed by atoms with van der Waals surface area (Å²) < 4.78 is 11.4. The summed E-state index contributed by atoms with van der Waals surface area (Å²) in [7, 11) is 0. The molecule has 1 atom stereocenters. The zero-order valence-electron chi connectivity index (χ0n) is 11.0. The predicted octanol–water partition coefficient (Wildman–Crippen LogP) is 2.14. The van der Waals surface area contributed by atoms with Gasteiger partial charge in [-0.1, -0.05) is 6.92 Å². The molecule has 100 valence electrons.